The van der Waals surface area contributed by atoms with Gasteiger partial charge in [-0.05, 0) is 12.1 Å². The summed E-state index contributed by atoms with van der Waals surface area (Å²) in [6.07, 6.45) is 1.97. The summed E-state index contributed by atoms with van der Waals surface area (Å²) in [6.45, 7) is 0.513. The van der Waals surface area contributed by atoms with Gasteiger partial charge >= 0.3 is 0 Å². The Kier molecular flexibility index (Phi) is 3.78. The lowest BCUT2D eigenvalue weighted by molar-refractivity contribution is 0.770. The highest BCUT2D eigenvalue weighted by atomic mass is 16.1. The minimum absolute atomic E-state index is 0.150. The van der Waals surface area contributed by atoms with Crippen LogP contribution < -0.4 is 10.9 Å². The lowest BCUT2D eigenvalue weighted by Crippen LogP contribution is -2.13. The average Bonchev–Trinajstić information content (AvgIpc) is 3.01. The van der Waals surface area contributed by atoms with E-state index in [0.29, 0.717) is 23.4 Å². The predicted molar refractivity (Wildman–Crippen MR) is 98.3 cm³/mol. The first kappa shape index (κ1) is 15.1. The predicted octanol–water partition coefficient (Wildman–Crippen LogP) is 2.94. The third-order valence-electron chi connectivity index (χ3n) is 4.01. The number of nitrogens with zero attached hydrogens (tertiary/aromatic N) is 3. The second-order valence-electron chi connectivity index (χ2n) is 5.83. The molecule has 0 aliphatic heterocycles. The van der Waals surface area contributed by atoms with Crippen LogP contribution in [0.5, 0.6) is 0 Å². The van der Waals surface area contributed by atoms with E-state index in [4.69, 9.17) is 0 Å². The maximum Gasteiger partial charge on any atom is 0.260 e. The molecule has 0 unspecified atom stereocenters. The molecule has 4 rings (SSSR count). The molecule has 0 aliphatic rings. The normalized spacial score (nSPS) is 10.9. The Balaban J connectivity index is 1.63. The molecule has 0 saturated carbocycles. The fourth-order valence-corrected chi connectivity index (χ4v) is 2.86. The van der Waals surface area contributed by atoms with Crippen molar-refractivity contribution in [1.82, 2.24) is 19.7 Å². The number of H-pyrrole nitrogens is 1. The molecule has 0 spiro atoms. The number of hydrogen-bond acceptors (Lipinski definition) is 4. The van der Waals surface area contributed by atoms with Crippen molar-refractivity contribution < 1.29 is 0 Å². The molecule has 124 valence electrons. The van der Waals surface area contributed by atoms with E-state index in [9.17, 15) is 4.79 Å². The van der Waals surface area contributed by atoms with E-state index in [-0.39, 0.29) is 5.56 Å². The van der Waals surface area contributed by atoms with Crippen LogP contribution in [-0.2, 0) is 13.6 Å². The van der Waals surface area contributed by atoms with Gasteiger partial charge in [0.25, 0.3) is 5.56 Å². The standard InChI is InChI=1S/C19H17N5O/c1-24-12-14(17(23-24)13-7-3-2-4-8-13)11-20-19-21-16-10-6-5-9-15(16)18(25)22-19/h2-10,12H,11H2,1H3,(H2,20,21,22,25). The number of rotatable bonds is 4. The van der Waals surface area contributed by atoms with Gasteiger partial charge in [0.05, 0.1) is 16.6 Å². The van der Waals surface area contributed by atoms with Crippen molar-refractivity contribution in [2.45, 2.75) is 6.54 Å². The van der Waals surface area contributed by atoms with Gasteiger partial charge in [0.1, 0.15) is 0 Å². The molecule has 0 amide bonds. The molecular weight excluding hydrogens is 314 g/mol. The highest BCUT2D eigenvalue weighted by Gasteiger charge is 2.10. The molecule has 0 fully saturated rings. The quantitative estimate of drug-likeness (QED) is 0.603. The van der Waals surface area contributed by atoms with Gasteiger partial charge in [0.15, 0.2) is 0 Å². The number of aromatic amines is 1. The number of para-hydroxylation sites is 1. The van der Waals surface area contributed by atoms with E-state index in [2.05, 4.69) is 20.4 Å². The van der Waals surface area contributed by atoms with Gasteiger partial charge in [-0.1, -0.05) is 42.5 Å². The van der Waals surface area contributed by atoms with Crippen LogP contribution >= 0.6 is 0 Å². The minimum Gasteiger partial charge on any atom is -0.352 e. The summed E-state index contributed by atoms with van der Waals surface area (Å²) in [6, 6.07) is 17.3. The fourth-order valence-electron chi connectivity index (χ4n) is 2.86. The second-order valence-corrected chi connectivity index (χ2v) is 5.83. The summed E-state index contributed by atoms with van der Waals surface area (Å²) in [7, 11) is 1.89. The summed E-state index contributed by atoms with van der Waals surface area (Å²) >= 11 is 0. The number of aromatic nitrogens is 4. The Morgan fingerprint density at radius 2 is 1.84 bits per heavy atom. The van der Waals surface area contributed by atoms with Crippen LogP contribution in [0, 0.1) is 0 Å². The number of fused-ring (bicyclic) bond motifs is 1. The highest BCUT2D eigenvalue weighted by Crippen LogP contribution is 2.22. The van der Waals surface area contributed by atoms with Crippen LogP contribution in [-0.4, -0.2) is 19.7 Å². The third-order valence-corrected chi connectivity index (χ3v) is 4.01. The number of nitrogens with one attached hydrogen (secondary N) is 2. The monoisotopic (exact) mass is 331 g/mol. The smallest absolute Gasteiger partial charge is 0.260 e. The Labute approximate surface area is 144 Å². The number of anilines is 1. The molecule has 2 aromatic carbocycles. The maximum atomic E-state index is 12.2. The molecule has 6 nitrogen and oxygen atoms in total. The van der Waals surface area contributed by atoms with Gasteiger partial charge in [-0.3, -0.25) is 14.5 Å². The van der Waals surface area contributed by atoms with Crippen LogP contribution in [0.4, 0.5) is 5.95 Å². The zero-order chi connectivity index (χ0) is 17.2. The van der Waals surface area contributed by atoms with Crippen molar-refractivity contribution >= 4 is 16.9 Å². The van der Waals surface area contributed by atoms with Crippen LogP contribution in [0.25, 0.3) is 22.2 Å². The Hall–Kier alpha value is -3.41. The zero-order valence-corrected chi connectivity index (χ0v) is 13.7. The lowest BCUT2D eigenvalue weighted by atomic mass is 10.1. The van der Waals surface area contributed by atoms with E-state index in [1.807, 2.05) is 61.8 Å². The Morgan fingerprint density at radius 3 is 2.68 bits per heavy atom. The first-order valence-electron chi connectivity index (χ1n) is 8.01. The van der Waals surface area contributed by atoms with Crippen LogP contribution in [0.3, 0.4) is 0 Å². The van der Waals surface area contributed by atoms with Crippen LogP contribution in [0.2, 0.25) is 0 Å². The molecule has 4 aromatic rings. The molecule has 0 aliphatic carbocycles. The molecule has 2 aromatic heterocycles. The van der Waals surface area contributed by atoms with Gasteiger partial charge in [-0.25, -0.2) is 4.98 Å². The molecule has 25 heavy (non-hydrogen) atoms. The number of hydrogen-bond donors (Lipinski definition) is 2. The first-order chi connectivity index (χ1) is 12.2. The number of benzene rings is 2. The zero-order valence-electron chi connectivity index (χ0n) is 13.7. The van der Waals surface area contributed by atoms with E-state index in [1.165, 1.54) is 0 Å². The van der Waals surface area contributed by atoms with Gasteiger partial charge in [0.2, 0.25) is 5.95 Å². The van der Waals surface area contributed by atoms with E-state index in [0.717, 1.165) is 16.8 Å². The fraction of sp³-hybridized carbons (Fsp3) is 0.105. The summed E-state index contributed by atoms with van der Waals surface area (Å²) in [5, 5.41) is 8.33. The summed E-state index contributed by atoms with van der Waals surface area (Å²) in [5.41, 5.74) is 3.52. The third kappa shape index (κ3) is 3.01. The lowest BCUT2D eigenvalue weighted by Gasteiger charge is -2.07. The number of aryl methyl sites for hydroxylation is 1. The van der Waals surface area contributed by atoms with E-state index >= 15 is 0 Å². The largest absolute Gasteiger partial charge is 0.352 e. The van der Waals surface area contributed by atoms with Crippen molar-refractivity contribution in [1.29, 1.82) is 0 Å². The molecule has 0 bridgehead atoms. The summed E-state index contributed by atoms with van der Waals surface area (Å²) < 4.78 is 1.79. The van der Waals surface area contributed by atoms with Gasteiger partial charge in [0, 0.05) is 30.9 Å². The molecule has 6 heteroatoms. The minimum atomic E-state index is -0.150. The van der Waals surface area contributed by atoms with Crippen molar-refractivity contribution in [3.8, 4) is 11.3 Å². The Bertz CT molecular complexity index is 1080. The summed E-state index contributed by atoms with van der Waals surface area (Å²) in [5.74, 6) is 0.451. The average molecular weight is 331 g/mol. The van der Waals surface area contributed by atoms with Gasteiger partial charge < -0.3 is 5.32 Å². The molecule has 2 heterocycles. The SMILES string of the molecule is Cn1cc(CNc2nc3ccccc3c(=O)[nH]2)c(-c2ccccc2)n1. The second kappa shape index (κ2) is 6.24. The van der Waals surface area contributed by atoms with Crippen molar-refractivity contribution in [2.24, 2.45) is 7.05 Å². The van der Waals surface area contributed by atoms with E-state index < -0.39 is 0 Å². The van der Waals surface area contributed by atoms with Crippen molar-refractivity contribution in [2.75, 3.05) is 5.32 Å². The maximum absolute atomic E-state index is 12.2. The van der Waals surface area contributed by atoms with Crippen LogP contribution in [0.1, 0.15) is 5.56 Å². The van der Waals surface area contributed by atoms with Crippen LogP contribution in [0.15, 0.2) is 65.6 Å². The van der Waals surface area contributed by atoms with Gasteiger partial charge in [-0.2, -0.15) is 5.10 Å². The van der Waals surface area contributed by atoms with Crippen molar-refractivity contribution in [3.05, 3.63) is 76.7 Å². The Morgan fingerprint density at radius 1 is 1.08 bits per heavy atom. The van der Waals surface area contributed by atoms with Crippen molar-refractivity contribution in [3.63, 3.8) is 0 Å². The molecule has 0 atom stereocenters. The van der Waals surface area contributed by atoms with E-state index in [1.54, 1.807) is 10.7 Å². The molecular formula is C19H17N5O. The molecule has 2 N–H and O–H groups in total. The topological polar surface area (TPSA) is 75.6 Å². The first-order valence-corrected chi connectivity index (χ1v) is 8.01. The molecule has 0 saturated heterocycles. The van der Waals surface area contributed by atoms with Gasteiger partial charge in [-0.15, -0.1) is 0 Å². The summed E-state index contributed by atoms with van der Waals surface area (Å²) in [4.78, 5) is 19.4. The highest BCUT2D eigenvalue weighted by molar-refractivity contribution is 5.78. The molecule has 0 radical (unpaired) electrons.